The van der Waals surface area contributed by atoms with Gasteiger partial charge in [0.25, 0.3) is 0 Å². The highest BCUT2D eigenvalue weighted by molar-refractivity contribution is 5.15. The third-order valence-electron chi connectivity index (χ3n) is 4.54. The van der Waals surface area contributed by atoms with Crippen LogP contribution in [0.2, 0.25) is 0 Å². The van der Waals surface area contributed by atoms with Crippen LogP contribution in [-0.4, -0.2) is 11.7 Å². The van der Waals surface area contributed by atoms with E-state index in [1.807, 2.05) is 0 Å². The van der Waals surface area contributed by atoms with Gasteiger partial charge in [0.15, 0.2) is 0 Å². The van der Waals surface area contributed by atoms with Crippen molar-refractivity contribution in [1.29, 1.82) is 0 Å². The summed E-state index contributed by atoms with van der Waals surface area (Å²) in [7, 11) is 0. The molecule has 1 N–H and O–H groups in total. The molecule has 3 atom stereocenters. The maximum absolute atomic E-state index is 9.21. The molecule has 0 heterocycles. The number of fused-ring (bicyclic) bond motifs is 1. The van der Waals surface area contributed by atoms with Crippen molar-refractivity contribution in [2.24, 2.45) is 22.7 Å². The van der Waals surface area contributed by atoms with Crippen molar-refractivity contribution in [2.45, 2.75) is 33.6 Å². The van der Waals surface area contributed by atoms with Crippen LogP contribution in [-0.2, 0) is 0 Å². The number of hydrogen-bond acceptors (Lipinski definition) is 1. The van der Waals surface area contributed by atoms with Gasteiger partial charge >= 0.3 is 0 Å². The fraction of sp³-hybridized carbons (Fsp3) is 1.00. The van der Waals surface area contributed by atoms with Gasteiger partial charge in [-0.1, -0.05) is 20.8 Å². The van der Waals surface area contributed by atoms with E-state index in [4.69, 9.17) is 0 Å². The van der Waals surface area contributed by atoms with Gasteiger partial charge in [0.2, 0.25) is 0 Å². The van der Waals surface area contributed by atoms with E-state index in [1.165, 1.54) is 12.8 Å². The molecule has 2 saturated carbocycles. The first-order valence-electron chi connectivity index (χ1n) is 4.64. The maximum Gasteiger partial charge on any atom is 0.0469 e. The predicted octanol–water partition coefficient (Wildman–Crippen LogP) is 2.05. The first kappa shape index (κ1) is 7.60. The van der Waals surface area contributed by atoms with Crippen molar-refractivity contribution < 1.29 is 5.11 Å². The summed E-state index contributed by atoms with van der Waals surface area (Å²) in [5.74, 6) is 1.46. The Morgan fingerprint density at radius 1 is 1.36 bits per heavy atom. The molecule has 2 aliphatic rings. The molecule has 0 amide bonds. The second kappa shape index (κ2) is 1.82. The fourth-order valence-electron chi connectivity index (χ4n) is 3.82. The smallest absolute Gasteiger partial charge is 0.0469 e. The standard InChI is InChI=1S/C10H18O/c1-9(2)7-4-5-10(7,3)8(9)6-11/h7-8,11H,4-6H2,1-3H3. The van der Waals surface area contributed by atoms with E-state index in [0.29, 0.717) is 23.4 Å². The lowest BCUT2D eigenvalue weighted by atomic mass is 9.33. The topological polar surface area (TPSA) is 20.2 Å². The highest BCUT2D eigenvalue weighted by Crippen LogP contribution is 2.73. The Bertz CT molecular complexity index is 174. The van der Waals surface area contributed by atoms with E-state index in [9.17, 15) is 5.11 Å². The zero-order valence-corrected chi connectivity index (χ0v) is 7.72. The maximum atomic E-state index is 9.21. The molecule has 0 spiro atoms. The first-order chi connectivity index (χ1) is 5.03. The van der Waals surface area contributed by atoms with Gasteiger partial charge in [-0.25, -0.2) is 0 Å². The molecule has 3 unspecified atom stereocenters. The molecule has 0 aromatic heterocycles. The van der Waals surface area contributed by atoms with E-state index in [1.54, 1.807) is 0 Å². The average molecular weight is 154 g/mol. The van der Waals surface area contributed by atoms with Crippen molar-refractivity contribution >= 4 is 0 Å². The largest absolute Gasteiger partial charge is 0.396 e. The zero-order chi connectivity index (χ0) is 8.28. The molecule has 0 saturated heterocycles. The molecule has 1 nitrogen and oxygen atoms in total. The van der Waals surface area contributed by atoms with Crippen molar-refractivity contribution in [1.82, 2.24) is 0 Å². The minimum absolute atomic E-state index is 0.389. The summed E-state index contributed by atoms with van der Waals surface area (Å²) < 4.78 is 0. The molecular formula is C10H18O. The van der Waals surface area contributed by atoms with E-state index in [2.05, 4.69) is 20.8 Å². The van der Waals surface area contributed by atoms with Gasteiger partial charge in [0, 0.05) is 6.61 Å². The molecule has 0 bridgehead atoms. The third kappa shape index (κ3) is 0.618. The normalized spacial score (nSPS) is 52.4. The molecule has 0 aromatic carbocycles. The Hall–Kier alpha value is -0.0400. The molecule has 2 rings (SSSR count). The number of rotatable bonds is 1. The van der Waals surface area contributed by atoms with Crippen LogP contribution in [0.4, 0.5) is 0 Å². The second-order valence-electron chi connectivity index (χ2n) is 5.15. The number of aliphatic hydroxyl groups excluding tert-OH is 1. The number of aliphatic hydroxyl groups is 1. The van der Waals surface area contributed by atoms with Crippen LogP contribution in [0.5, 0.6) is 0 Å². The van der Waals surface area contributed by atoms with E-state index < -0.39 is 0 Å². The first-order valence-corrected chi connectivity index (χ1v) is 4.64. The summed E-state index contributed by atoms with van der Waals surface area (Å²) in [6.45, 7) is 7.34. The van der Waals surface area contributed by atoms with Crippen molar-refractivity contribution in [3.63, 3.8) is 0 Å². The minimum Gasteiger partial charge on any atom is -0.396 e. The summed E-state index contributed by atoms with van der Waals surface area (Å²) in [5.41, 5.74) is 0.931. The van der Waals surface area contributed by atoms with Crippen molar-refractivity contribution in [2.75, 3.05) is 6.61 Å². The fourth-order valence-corrected chi connectivity index (χ4v) is 3.82. The van der Waals surface area contributed by atoms with E-state index >= 15 is 0 Å². The van der Waals surface area contributed by atoms with Crippen LogP contribution in [0.3, 0.4) is 0 Å². The Kier molecular flexibility index (Phi) is 1.26. The van der Waals surface area contributed by atoms with E-state index in [0.717, 1.165) is 5.92 Å². The Balaban J connectivity index is 2.19. The molecule has 2 aliphatic carbocycles. The summed E-state index contributed by atoms with van der Waals surface area (Å²) in [6.07, 6.45) is 2.73. The van der Waals surface area contributed by atoms with Crippen LogP contribution >= 0.6 is 0 Å². The summed E-state index contributed by atoms with van der Waals surface area (Å²) in [4.78, 5) is 0. The van der Waals surface area contributed by atoms with Crippen molar-refractivity contribution in [3.05, 3.63) is 0 Å². The van der Waals surface area contributed by atoms with Crippen LogP contribution in [0.25, 0.3) is 0 Å². The zero-order valence-electron chi connectivity index (χ0n) is 7.72. The second-order valence-corrected chi connectivity index (χ2v) is 5.15. The minimum atomic E-state index is 0.389. The molecule has 0 radical (unpaired) electrons. The van der Waals surface area contributed by atoms with Gasteiger partial charge < -0.3 is 5.11 Å². The van der Waals surface area contributed by atoms with Gasteiger partial charge in [-0.15, -0.1) is 0 Å². The summed E-state index contributed by atoms with van der Waals surface area (Å²) in [5, 5.41) is 9.21. The quantitative estimate of drug-likeness (QED) is 0.613. The van der Waals surface area contributed by atoms with Gasteiger partial charge in [0.1, 0.15) is 0 Å². The monoisotopic (exact) mass is 154 g/mol. The average Bonchev–Trinajstić information content (AvgIpc) is 1.84. The molecule has 64 valence electrons. The Morgan fingerprint density at radius 3 is 2.18 bits per heavy atom. The molecule has 11 heavy (non-hydrogen) atoms. The summed E-state index contributed by atoms with van der Waals surface area (Å²) >= 11 is 0. The molecular weight excluding hydrogens is 136 g/mol. The van der Waals surface area contributed by atoms with Crippen LogP contribution in [0.15, 0.2) is 0 Å². The van der Waals surface area contributed by atoms with Crippen LogP contribution in [0.1, 0.15) is 33.6 Å². The van der Waals surface area contributed by atoms with Gasteiger partial charge in [-0.05, 0) is 35.5 Å². The van der Waals surface area contributed by atoms with Gasteiger partial charge in [-0.3, -0.25) is 0 Å². The van der Waals surface area contributed by atoms with Crippen molar-refractivity contribution in [3.8, 4) is 0 Å². The lowest BCUT2D eigenvalue weighted by molar-refractivity contribution is -0.251. The molecule has 2 fully saturated rings. The SMILES string of the molecule is CC1(C)C(CO)C2(C)CCC12. The molecule has 0 aromatic rings. The molecule has 0 aliphatic heterocycles. The van der Waals surface area contributed by atoms with Gasteiger partial charge in [0.05, 0.1) is 0 Å². The highest BCUT2D eigenvalue weighted by Gasteiger charge is 2.67. The summed E-state index contributed by atoms with van der Waals surface area (Å²) in [6, 6.07) is 0. The van der Waals surface area contributed by atoms with Crippen LogP contribution < -0.4 is 0 Å². The lowest BCUT2D eigenvalue weighted by Crippen LogP contribution is -2.67. The van der Waals surface area contributed by atoms with Gasteiger partial charge in [-0.2, -0.15) is 0 Å². The highest BCUT2D eigenvalue weighted by atomic mass is 16.3. The Morgan fingerprint density at radius 2 is 2.00 bits per heavy atom. The third-order valence-corrected chi connectivity index (χ3v) is 4.54. The lowest BCUT2D eigenvalue weighted by Gasteiger charge is -2.72. The number of hydrogen-bond donors (Lipinski definition) is 1. The van der Waals surface area contributed by atoms with Crippen LogP contribution in [0, 0.1) is 22.7 Å². The predicted molar refractivity (Wildman–Crippen MR) is 45.2 cm³/mol. The van der Waals surface area contributed by atoms with E-state index in [-0.39, 0.29) is 0 Å². The Labute approximate surface area is 68.8 Å². The molecule has 1 heteroatoms.